The number of ether oxygens (including phenoxy) is 1. The fourth-order valence-electron chi connectivity index (χ4n) is 2.68. The number of aromatic carboxylic acids is 1. The molecule has 0 aliphatic carbocycles. The van der Waals surface area contributed by atoms with Crippen molar-refractivity contribution in [1.29, 1.82) is 5.26 Å². The van der Waals surface area contributed by atoms with Crippen molar-refractivity contribution in [3.63, 3.8) is 0 Å². The minimum Gasteiger partial charge on any atom is -0.487 e. The van der Waals surface area contributed by atoms with Crippen LogP contribution in [-0.2, 0) is 11.4 Å². The van der Waals surface area contributed by atoms with Gasteiger partial charge in [-0.25, -0.2) is 4.79 Å². The summed E-state index contributed by atoms with van der Waals surface area (Å²) >= 11 is 9.62. The lowest BCUT2D eigenvalue weighted by Crippen LogP contribution is -2.13. The molecule has 160 valence electrons. The zero-order chi connectivity index (χ0) is 23.1. The van der Waals surface area contributed by atoms with Crippen molar-refractivity contribution in [3.8, 4) is 11.8 Å². The number of carboxylic acid groups (broad SMARTS) is 1. The number of halogens is 2. The molecule has 0 aliphatic heterocycles. The van der Waals surface area contributed by atoms with E-state index in [0.29, 0.717) is 22.0 Å². The topological polar surface area (TPSA) is 99.4 Å². The van der Waals surface area contributed by atoms with Gasteiger partial charge in [-0.1, -0.05) is 45.7 Å². The van der Waals surface area contributed by atoms with Crippen molar-refractivity contribution in [2.45, 2.75) is 6.61 Å². The van der Waals surface area contributed by atoms with Crippen molar-refractivity contribution < 1.29 is 19.4 Å². The number of nitrogens with zero attached hydrogens (tertiary/aromatic N) is 1. The summed E-state index contributed by atoms with van der Waals surface area (Å²) in [6, 6.07) is 20.1. The number of nitriles is 1. The summed E-state index contributed by atoms with van der Waals surface area (Å²) in [6.07, 6.45) is 1.44. The number of benzene rings is 3. The first kappa shape index (κ1) is 23.1. The van der Waals surface area contributed by atoms with E-state index < -0.39 is 11.9 Å². The second kappa shape index (κ2) is 10.6. The summed E-state index contributed by atoms with van der Waals surface area (Å²) < 4.78 is 6.57. The van der Waals surface area contributed by atoms with Crippen LogP contribution in [0.3, 0.4) is 0 Å². The Bertz CT molecular complexity index is 1220. The van der Waals surface area contributed by atoms with E-state index in [1.54, 1.807) is 54.6 Å². The standard InChI is InChI=1S/C24H16BrClN2O4/c25-19-6-8-20(9-7-19)28-23(29)18(13-27)11-16-3-10-22(21(26)12-16)32-14-15-1-4-17(5-2-15)24(30)31/h1-12H,14H2,(H,28,29)(H,30,31)/b18-11+. The Labute approximate surface area is 197 Å². The summed E-state index contributed by atoms with van der Waals surface area (Å²) in [5, 5.41) is 21.3. The maximum Gasteiger partial charge on any atom is 0.335 e. The molecule has 0 heterocycles. The predicted molar refractivity (Wildman–Crippen MR) is 126 cm³/mol. The summed E-state index contributed by atoms with van der Waals surface area (Å²) in [7, 11) is 0. The minimum absolute atomic E-state index is 0.0730. The summed E-state index contributed by atoms with van der Waals surface area (Å²) in [5.41, 5.74) is 2.04. The van der Waals surface area contributed by atoms with E-state index in [9.17, 15) is 14.9 Å². The molecule has 3 aromatic rings. The third-order valence-corrected chi connectivity index (χ3v) is 5.15. The van der Waals surface area contributed by atoms with Gasteiger partial charge in [-0.15, -0.1) is 0 Å². The second-order valence-corrected chi connectivity index (χ2v) is 7.93. The van der Waals surface area contributed by atoms with E-state index in [1.807, 2.05) is 6.07 Å². The average Bonchev–Trinajstić information content (AvgIpc) is 2.78. The van der Waals surface area contributed by atoms with E-state index in [1.165, 1.54) is 18.2 Å². The van der Waals surface area contributed by atoms with E-state index in [0.717, 1.165) is 10.0 Å². The number of rotatable bonds is 7. The van der Waals surface area contributed by atoms with E-state index in [2.05, 4.69) is 21.2 Å². The number of hydrogen-bond donors (Lipinski definition) is 2. The van der Waals surface area contributed by atoms with Gasteiger partial charge in [-0.05, 0) is 65.7 Å². The van der Waals surface area contributed by atoms with Crippen LogP contribution in [0, 0.1) is 11.3 Å². The lowest BCUT2D eigenvalue weighted by atomic mass is 10.1. The minimum atomic E-state index is -0.994. The first-order valence-electron chi connectivity index (χ1n) is 9.29. The third-order valence-electron chi connectivity index (χ3n) is 4.33. The highest BCUT2D eigenvalue weighted by Gasteiger charge is 2.11. The Morgan fingerprint density at radius 3 is 2.38 bits per heavy atom. The van der Waals surface area contributed by atoms with Gasteiger partial charge in [0, 0.05) is 10.2 Å². The van der Waals surface area contributed by atoms with Crippen LogP contribution in [0.5, 0.6) is 5.75 Å². The molecule has 32 heavy (non-hydrogen) atoms. The molecule has 6 nitrogen and oxygen atoms in total. The van der Waals surface area contributed by atoms with Gasteiger partial charge in [-0.2, -0.15) is 5.26 Å². The lowest BCUT2D eigenvalue weighted by molar-refractivity contribution is -0.112. The molecule has 0 saturated heterocycles. The molecule has 2 N–H and O–H groups in total. The highest BCUT2D eigenvalue weighted by atomic mass is 79.9. The Morgan fingerprint density at radius 2 is 1.78 bits per heavy atom. The first-order valence-corrected chi connectivity index (χ1v) is 10.5. The first-order chi connectivity index (χ1) is 15.4. The molecule has 3 rings (SSSR count). The van der Waals surface area contributed by atoms with Gasteiger partial charge in [0.2, 0.25) is 0 Å². The van der Waals surface area contributed by atoms with Crippen molar-refractivity contribution >= 4 is 51.2 Å². The number of amides is 1. The highest BCUT2D eigenvalue weighted by Crippen LogP contribution is 2.27. The van der Waals surface area contributed by atoms with Crippen LogP contribution in [0.1, 0.15) is 21.5 Å². The van der Waals surface area contributed by atoms with Gasteiger partial charge in [0.05, 0.1) is 10.6 Å². The van der Waals surface area contributed by atoms with Gasteiger partial charge in [0.1, 0.15) is 24.0 Å². The Balaban J connectivity index is 1.67. The largest absolute Gasteiger partial charge is 0.487 e. The molecular weight excluding hydrogens is 496 g/mol. The van der Waals surface area contributed by atoms with Gasteiger partial charge in [-0.3, -0.25) is 4.79 Å². The van der Waals surface area contributed by atoms with Crippen LogP contribution in [0.2, 0.25) is 5.02 Å². The van der Waals surface area contributed by atoms with Crippen molar-refractivity contribution in [1.82, 2.24) is 0 Å². The van der Waals surface area contributed by atoms with Crippen LogP contribution in [0.15, 0.2) is 76.8 Å². The molecule has 0 saturated carbocycles. The number of hydrogen-bond acceptors (Lipinski definition) is 4. The summed E-state index contributed by atoms with van der Waals surface area (Å²) in [6.45, 7) is 0.202. The van der Waals surface area contributed by atoms with Crippen LogP contribution < -0.4 is 10.1 Å². The quantitative estimate of drug-likeness (QED) is 0.303. The van der Waals surface area contributed by atoms with Gasteiger partial charge in [0.25, 0.3) is 5.91 Å². The van der Waals surface area contributed by atoms with Crippen LogP contribution >= 0.6 is 27.5 Å². The van der Waals surface area contributed by atoms with Gasteiger partial charge in [0.15, 0.2) is 0 Å². The molecule has 1 amide bonds. The molecule has 0 unspecified atom stereocenters. The molecule has 0 atom stereocenters. The molecule has 0 fully saturated rings. The van der Waals surface area contributed by atoms with Crippen molar-refractivity contribution in [2.75, 3.05) is 5.32 Å². The molecule has 3 aromatic carbocycles. The Kier molecular flexibility index (Phi) is 7.66. The van der Waals surface area contributed by atoms with E-state index >= 15 is 0 Å². The van der Waals surface area contributed by atoms with E-state index in [4.69, 9.17) is 21.4 Å². The zero-order valence-corrected chi connectivity index (χ0v) is 18.9. The third kappa shape index (κ3) is 6.20. The molecule has 8 heteroatoms. The Morgan fingerprint density at radius 1 is 1.09 bits per heavy atom. The maximum absolute atomic E-state index is 12.4. The van der Waals surface area contributed by atoms with Crippen LogP contribution in [0.25, 0.3) is 6.08 Å². The molecule has 0 spiro atoms. The molecular formula is C24H16BrClN2O4. The fraction of sp³-hybridized carbons (Fsp3) is 0.0417. The van der Waals surface area contributed by atoms with Crippen LogP contribution in [-0.4, -0.2) is 17.0 Å². The predicted octanol–water partition coefficient (Wildman–Crippen LogP) is 5.93. The normalized spacial score (nSPS) is 10.8. The summed E-state index contributed by atoms with van der Waals surface area (Å²) in [5.74, 6) is -1.11. The molecule has 0 aliphatic rings. The number of carboxylic acids is 1. The zero-order valence-electron chi connectivity index (χ0n) is 16.5. The number of carbonyl (C=O) groups excluding carboxylic acids is 1. The maximum atomic E-state index is 12.4. The fourth-order valence-corrected chi connectivity index (χ4v) is 3.18. The molecule has 0 bridgehead atoms. The smallest absolute Gasteiger partial charge is 0.335 e. The SMILES string of the molecule is N#C/C(=C\c1ccc(OCc2ccc(C(=O)O)cc2)c(Cl)c1)C(=O)Nc1ccc(Br)cc1. The Hall–Kier alpha value is -3.60. The lowest BCUT2D eigenvalue weighted by Gasteiger charge is -2.09. The molecule has 0 radical (unpaired) electrons. The number of carbonyl (C=O) groups is 2. The van der Waals surface area contributed by atoms with Crippen LogP contribution in [0.4, 0.5) is 5.69 Å². The van der Waals surface area contributed by atoms with Crippen molar-refractivity contribution in [3.05, 3.63) is 98.5 Å². The monoisotopic (exact) mass is 510 g/mol. The molecule has 0 aromatic heterocycles. The van der Waals surface area contributed by atoms with Gasteiger partial charge < -0.3 is 15.2 Å². The van der Waals surface area contributed by atoms with Gasteiger partial charge >= 0.3 is 5.97 Å². The number of anilines is 1. The second-order valence-electron chi connectivity index (χ2n) is 6.61. The average molecular weight is 512 g/mol. The van der Waals surface area contributed by atoms with E-state index in [-0.39, 0.29) is 17.7 Å². The number of nitrogens with one attached hydrogen (secondary N) is 1. The van der Waals surface area contributed by atoms with Crippen molar-refractivity contribution in [2.24, 2.45) is 0 Å². The summed E-state index contributed by atoms with van der Waals surface area (Å²) in [4.78, 5) is 23.3. The highest BCUT2D eigenvalue weighted by molar-refractivity contribution is 9.10.